The van der Waals surface area contributed by atoms with Crippen LogP contribution in [0.3, 0.4) is 0 Å². The maximum Gasteiger partial charge on any atom is 0.259 e. The molecule has 2 aromatic carbocycles. The zero-order chi connectivity index (χ0) is 23.7. The zero-order valence-corrected chi connectivity index (χ0v) is 19.8. The molecule has 168 valence electrons. The van der Waals surface area contributed by atoms with Crippen molar-refractivity contribution in [2.75, 3.05) is 12.4 Å². The van der Waals surface area contributed by atoms with E-state index >= 15 is 0 Å². The summed E-state index contributed by atoms with van der Waals surface area (Å²) in [5.41, 5.74) is 5.28. The maximum absolute atomic E-state index is 13.2. The van der Waals surface area contributed by atoms with E-state index in [0.717, 1.165) is 27.2 Å². The number of nitrogens with one attached hydrogen (secondary N) is 1. The lowest BCUT2D eigenvalue weighted by atomic mass is 10.0. The summed E-state index contributed by atoms with van der Waals surface area (Å²) >= 11 is 7.39. The summed E-state index contributed by atoms with van der Waals surface area (Å²) in [6.07, 6.45) is 2.98. The smallest absolute Gasteiger partial charge is 0.259 e. The molecule has 0 saturated heterocycles. The number of benzene rings is 2. The molecule has 5 aromatic rings. The topological polar surface area (TPSA) is 89.9 Å². The number of hydrogen-bond acceptors (Lipinski definition) is 7. The predicted molar refractivity (Wildman–Crippen MR) is 135 cm³/mol. The SMILES string of the molecule is COc1ccccc1-c1cnncc1C(=O)Nc1nc2ccc(-c3ccc(Cl)cc3C)nc2s1. The number of carbonyl (C=O) groups excluding carboxylic acids is 1. The van der Waals surface area contributed by atoms with Crippen molar-refractivity contribution in [3.63, 3.8) is 0 Å². The summed E-state index contributed by atoms with van der Waals surface area (Å²) in [6.45, 7) is 1.99. The molecule has 0 saturated carbocycles. The van der Waals surface area contributed by atoms with E-state index in [1.165, 1.54) is 17.5 Å². The molecule has 1 N–H and O–H groups in total. The van der Waals surface area contributed by atoms with E-state index in [1.54, 1.807) is 13.3 Å². The minimum absolute atomic E-state index is 0.344. The van der Waals surface area contributed by atoms with Crippen LogP contribution in [0.1, 0.15) is 15.9 Å². The Morgan fingerprint density at radius 1 is 0.971 bits per heavy atom. The van der Waals surface area contributed by atoms with Crippen molar-refractivity contribution in [2.45, 2.75) is 6.92 Å². The van der Waals surface area contributed by atoms with E-state index in [0.29, 0.717) is 32.5 Å². The van der Waals surface area contributed by atoms with Crippen LogP contribution in [-0.4, -0.2) is 33.2 Å². The fraction of sp³-hybridized carbons (Fsp3) is 0.0800. The Bertz CT molecular complexity index is 1540. The Kier molecular flexibility index (Phi) is 5.91. The highest BCUT2D eigenvalue weighted by Crippen LogP contribution is 2.33. The number of ether oxygens (including phenoxy) is 1. The van der Waals surface area contributed by atoms with Crippen molar-refractivity contribution in [3.8, 4) is 28.1 Å². The molecule has 0 bridgehead atoms. The molecule has 0 aliphatic rings. The molecule has 1 amide bonds. The monoisotopic (exact) mass is 487 g/mol. The number of fused-ring (bicyclic) bond motifs is 1. The summed E-state index contributed by atoms with van der Waals surface area (Å²) in [5.74, 6) is 0.294. The molecule has 3 aromatic heterocycles. The van der Waals surface area contributed by atoms with Gasteiger partial charge in [-0.2, -0.15) is 10.2 Å². The van der Waals surface area contributed by atoms with Gasteiger partial charge in [0.25, 0.3) is 5.91 Å². The number of rotatable bonds is 5. The Hall–Kier alpha value is -3.88. The molecule has 9 heteroatoms. The van der Waals surface area contributed by atoms with Gasteiger partial charge in [0.05, 0.1) is 30.8 Å². The third-order valence-electron chi connectivity index (χ3n) is 5.31. The summed E-state index contributed by atoms with van der Waals surface area (Å²) < 4.78 is 5.45. The van der Waals surface area contributed by atoms with Gasteiger partial charge in [-0.3, -0.25) is 10.1 Å². The molecule has 0 unspecified atom stereocenters. The second-order valence-corrected chi connectivity index (χ2v) is 8.88. The van der Waals surface area contributed by atoms with Gasteiger partial charge in [-0.05, 0) is 42.8 Å². The summed E-state index contributed by atoms with van der Waals surface area (Å²) in [6, 6.07) is 16.9. The van der Waals surface area contributed by atoms with Crippen LogP contribution in [0.4, 0.5) is 5.13 Å². The van der Waals surface area contributed by atoms with Gasteiger partial charge in [-0.15, -0.1) is 0 Å². The third kappa shape index (κ3) is 4.21. The highest BCUT2D eigenvalue weighted by atomic mass is 35.5. The molecular weight excluding hydrogens is 470 g/mol. The zero-order valence-electron chi connectivity index (χ0n) is 18.2. The number of para-hydroxylation sites is 1. The van der Waals surface area contributed by atoms with Gasteiger partial charge >= 0.3 is 0 Å². The van der Waals surface area contributed by atoms with Crippen molar-refractivity contribution in [1.82, 2.24) is 20.2 Å². The van der Waals surface area contributed by atoms with Crippen molar-refractivity contribution in [3.05, 3.63) is 83.1 Å². The van der Waals surface area contributed by atoms with Crippen molar-refractivity contribution in [2.24, 2.45) is 0 Å². The van der Waals surface area contributed by atoms with Crippen LogP contribution in [0.5, 0.6) is 5.75 Å². The number of halogens is 1. The average Bonchev–Trinajstić information content (AvgIpc) is 3.25. The highest BCUT2D eigenvalue weighted by molar-refractivity contribution is 7.22. The quantitative estimate of drug-likeness (QED) is 0.325. The van der Waals surface area contributed by atoms with Gasteiger partial charge in [0.2, 0.25) is 0 Å². The van der Waals surface area contributed by atoms with Gasteiger partial charge in [0, 0.05) is 21.7 Å². The number of aromatic nitrogens is 4. The van der Waals surface area contributed by atoms with E-state index < -0.39 is 0 Å². The lowest BCUT2D eigenvalue weighted by Crippen LogP contribution is -2.14. The number of carbonyl (C=O) groups is 1. The minimum atomic E-state index is -0.344. The number of amides is 1. The standard InChI is InChI=1S/C25H18ClN5O2S/c1-14-11-15(26)7-8-16(14)20-9-10-21-24(29-20)34-25(30-21)31-23(32)19-13-28-27-12-18(19)17-5-3-4-6-22(17)33-2/h3-13H,1-2H3,(H,30,31,32). The average molecular weight is 488 g/mol. The van der Waals surface area contributed by atoms with Crippen LogP contribution in [-0.2, 0) is 0 Å². The number of thiazole rings is 1. The van der Waals surface area contributed by atoms with Crippen LogP contribution >= 0.6 is 22.9 Å². The van der Waals surface area contributed by atoms with E-state index in [4.69, 9.17) is 21.3 Å². The Morgan fingerprint density at radius 3 is 2.62 bits per heavy atom. The highest BCUT2D eigenvalue weighted by Gasteiger charge is 2.18. The number of pyridine rings is 1. The molecule has 5 rings (SSSR count). The molecule has 0 spiro atoms. The lowest BCUT2D eigenvalue weighted by molar-refractivity contribution is 0.102. The van der Waals surface area contributed by atoms with Crippen molar-refractivity contribution in [1.29, 1.82) is 0 Å². The molecule has 7 nitrogen and oxygen atoms in total. The van der Waals surface area contributed by atoms with E-state index in [9.17, 15) is 4.79 Å². The normalized spacial score (nSPS) is 10.9. The lowest BCUT2D eigenvalue weighted by Gasteiger charge is -2.11. The molecule has 0 radical (unpaired) electrons. The van der Waals surface area contributed by atoms with Gasteiger partial charge in [0.15, 0.2) is 5.13 Å². The van der Waals surface area contributed by atoms with Crippen LogP contribution in [0.25, 0.3) is 32.7 Å². The van der Waals surface area contributed by atoms with E-state index in [1.807, 2.05) is 61.5 Å². The first-order valence-electron chi connectivity index (χ1n) is 10.3. The van der Waals surface area contributed by atoms with Gasteiger partial charge in [0.1, 0.15) is 16.1 Å². The third-order valence-corrected chi connectivity index (χ3v) is 6.43. The molecule has 0 atom stereocenters. The first kappa shape index (κ1) is 21.9. The summed E-state index contributed by atoms with van der Waals surface area (Å²) in [4.78, 5) is 23.2. The minimum Gasteiger partial charge on any atom is -0.496 e. The molecule has 0 aliphatic heterocycles. The Balaban J connectivity index is 1.46. The van der Waals surface area contributed by atoms with Crippen molar-refractivity contribution >= 4 is 44.3 Å². The van der Waals surface area contributed by atoms with Crippen LogP contribution in [0.15, 0.2) is 67.0 Å². The first-order valence-corrected chi connectivity index (χ1v) is 11.5. The number of methoxy groups -OCH3 is 1. The largest absolute Gasteiger partial charge is 0.496 e. The number of nitrogens with zero attached hydrogens (tertiary/aromatic N) is 4. The second kappa shape index (κ2) is 9.17. The number of hydrogen-bond donors (Lipinski definition) is 1. The first-order chi connectivity index (χ1) is 16.5. The maximum atomic E-state index is 13.2. The molecular formula is C25H18ClN5O2S. The van der Waals surface area contributed by atoms with Crippen LogP contribution in [0, 0.1) is 6.92 Å². The second-order valence-electron chi connectivity index (χ2n) is 7.47. The van der Waals surface area contributed by atoms with Crippen LogP contribution < -0.4 is 10.1 Å². The van der Waals surface area contributed by atoms with E-state index in [-0.39, 0.29) is 5.91 Å². The molecule has 3 heterocycles. The summed E-state index contributed by atoms with van der Waals surface area (Å²) in [5, 5.41) is 11.9. The van der Waals surface area contributed by atoms with Gasteiger partial charge < -0.3 is 4.74 Å². The molecule has 34 heavy (non-hydrogen) atoms. The summed E-state index contributed by atoms with van der Waals surface area (Å²) in [7, 11) is 1.58. The molecule has 0 fully saturated rings. The predicted octanol–water partition coefficient (Wildman–Crippen LogP) is 6.04. The fourth-order valence-electron chi connectivity index (χ4n) is 3.68. The van der Waals surface area contributed by atoms with Crippen LogP contribution in [0.2, 0.25) is 5.02 Å². The Morgan fingerprint density at radius 2 is 1.79 bits per heavy atom. The number of anilines is 1. The fourth-order valence-corrected chi connectivity index (χ4v) is 4.74. The van der Waals surface area contributed by atoms with Gasteiger partial charge in [-0.25, -0.2) is 9.97 Å². The molecule has 0 aliphatic carbocycles. The van der Waals surface area contributed by atoms with Crippen molar-refractivity contribution < 1.29 is 9.53 Å². The van der Waals surface area contributed by atoms with Gasteiger partial charge in [-0.1, -0.05) is 47.2 Å². The van der Waals surface area contributed by atoms with E-state index in [2.05, 4.69) is 20.5 Å². The number of aryl methyl sites for hydroxylation is 1. The Labute approximate surface area is 204 Å².